The highest BCUT2D eigenvalue weighted by molar-refractivity contribution is 5.68. The molecule has 0 amide bonds. The van der Waals surface area contributed by atoms with Gasteiger partial charge in [-0.1, -0.05) is 52.9 Å². The number of hydrogen-bond donors (Lipinski definition) is 0. The molecule has 0 aromatic heterocycles. The Morgan fingerprint density at radius 1 is 0.958 bits per heavy atom. The van der Waals surface area contributed by atoms with Gasteiger partial charge in [0.2, 0.25) is 6.29 Å². The smallest absolute Gasteiger partial charge is 0.305 e. The Morgan fingerprint density at radius 2 is 1.54 bits per heavy atom. The Hall–Kier alpha value is -1.05. The van der Waals surface area contributed by atoms with Crippen LogP contribution in [0, 0.1) is 23.7 Å². The summed E-state index contributed by atoms with van der Waals surface area (Å²) in [6.45, 7) is 10.00. The zero-order chi connectivity index (χ0) is 18.2. The summed E-state index contributed by atoms with van der Waals surface area (Å²) in [5.41, 5.74) is 0. The molecule has 0 spiro atoms. The van der Waals surface area contributed by atoms with Gasteiger partial charge in [-0.25, -0.2) is 0 Å². The number of esters is 1. The molecule has 0 rings (SSSR count). The van der Waals surface area contributed by atoms with Gasteiger partial charge < -0.3 is 14.2 Å². The maximum absolute atomic E-state index is 11.0. The molecule has 2 atom stereocenters. The Kier molecular flexibility index (Phi) is 14.8. The molecular formula is C20H36O4. The second-order valence-electron chi connectivity index (χ2n) is 6.48. The number of methoxy groups -OCH3 is 1. The van der Waals surface area contributed by atoms with Crippen LogP contribution in [0.2, 0.25) is 0 Å². The maximum atomic E-state index is 11.0. The van der Waals surface area contributed by atoms with Crippen LogP contribution in [0.25, 0.3) is 0 Å². The van der Waals surface area contributed by atoms with Crippen molar-refractivity contribution in [2.45, 2.75) is 78.9 Å². The lowest BCUT2D eigenvalue weighted by atomic mass is 10.1. The largest absolute Gasteiger partial charge is 0.469 e. The first-order chi connectivity index (χ1) is 11.5. The summed E-state index contributed by atoms with van der Waals surface area (Å²) < 4.78 is 16.2. The van der Waals surface area contributed by atoms with E-state index in [1.807, 2.05) is 0 Å². The highest BCUT2D eigenvalue weighted by Gasteiger charge is 2.10. The van der Waals surface area contributed by atoms with Crippen LogP contribution in [0.5, 0.6) is 0 Å². The molecular weight excluding hydrogens is 304 g/mol. The summed E-state index contributed by atoms with van der Waals surface area (Å²) in [5.74, 6) is 7.15. The SMILES string of the molecule is CCC(C)COC(C#CCCCCCC(=O)OC)OCC(C)CC. The van der Waals surface area contributed by atoms with E-state index >= 15 is 0 Å². The number of carbonyl (C=O) groups excluding carboxylic acids is 1. The molecule has 0 radical (unpaired) electrons. The lowest BCUT2D eigenvalue weighted by Crippen LogP contribution is -2.21. The minimum atomic E-state index is -0.428. The van der Waals surface area contributed by atoms with Crippen LogP contribution >= 0.6 is 0 Å². The van der Waals surface area contributed by atoms with Gasteiger partial charge in [-0.05, 0) is 30.6 Å². The molecule has 0 saturated carbocycles. The molecule has 2 unspecified atom stereocenters. The Labute approximate surface area is 148 Å². The molecule has 0 aliphatic heterocycles. The molecule has 0 N–H and O–H groups in total. The summed E-state index contributed by atoms with van der Waals surface area (Å²) >= 11 is 0. The molecule has 0 aliphatic rings. The van der Waals surface area contributed by atoms with Crippen LogP contribution in [0.1, 0.15) is 72.6 Å². The second-order valence-corrected chi connectivity index (χ2v) is 6.48. The highest BCUT2D eigenvalue weighted by atomic mass is 16.7. The predicted molar refractivity (Wildman–Crippen MR) is 97.5 cm³/mol. The van der Waals surface area contributed by atoms with Gasteiger partial charge in [-0.15, -0.1) is 0 Å². The van der Waals surface area contributed by atoms with Crippen LogP contribution in [0.3, 0.4) is 0 Å². The van der Waals surface area contributed by atoms with Crippen molar-refractivity contribution in [3.63, 3.8) is 0 Å². The monoisotopic (exact) mass is 340 g/mol. The number of ether oxygens (including phenoxy) is 3. The van der Waals surface area contributed by atoms with E-state index in [0.29, 0.717) is 31.5 Å². The molecule has 4 nitrogen and oxygen atoms in total. The molecule has 0 saturated heterocycles. The van der Waals surface area contributed by atoms with E-state index < -0.39 is 6.29 Å². The summed E-state index contributed by atoms with van der Waals surface area (Å²) in [6, 6.07) is 0. The summed E-state index contributed by atoms with van der Waals surface area (Å²) in [5, 5.41) is 0. The number of hydrogen-bond acceptors (Lipinski definition) is 4. The average Bonchev–Trinajstić information content (AvgIpc) is 2.61. The third-order valence-corrected chi connectivity index (χ3v) is 4.09. The van der Waals surface area contributed by atoms with Gasteiger partial charge in [-0.3, -0.25) is 4.79 Å². The van der Waals surface area contributed by atoms with E-state index in [1.165, 1.54) is 7.11 Å². The maximum Gasteiger partial charge on any atom is 0.305 e. The van der Waals surface area contributed by atoms with Crippen LogP contribution in [0.15, 0.2) is 0 Å². The first kappa shape index (κ1) is 22.9. The lowest BCUT2D eigenvalue weighted by molar-refractivity contribution is -0.140. The van der Waals surface area contributed by atoms with Crippen molar-refractivity contribution >= 4 is 5.97 Å². The minimum Gasteiger partial charge on any atom is -0.469 e. The average molecular weight is 341 g/mol. The molecule has 4 heteroatoms. The normalized spacial score (nSPS) is 14.4. The van der Waals surface area contributed by atoms with Crippen molar-refractivity contribution in [2.24, 2.45) is 11.8 Å². The third kappa shape index (κ3) is 13.4. The fraction of sp³-hybridized carbons (Fsp3) is 0.850. The van der Waals surface area contributed by atoms with E-state index in [0.717, 1.165) is 38.5 Å². The van der Waals surface area contributed by atoms with Gasteiger partial charge in [-0.2, -0.15) is 0 Å². The van der Waals surface area contributed by atoms with E-state index in [2.05, 4.69) is 44.3 Å². The van der Waals surface area contributed by atoms with Gasteiger partial charge >= 0.3 is 5.97 Å². The van der Waals surface area contributed by atoms with Crippen LogP contribution < -0.4 is 0 Å². The molecule has 0 aromatic rings. The van der Waals surface area contributed by atoms with E-state index in [1.54, 1.807) is 0 Å². The first-order valence-corrected chi connectivity index (χ1v) is 9.31. The predicted octanol–water partition coefficient (Wildman–Crippen LogP) is 4.56. The van der Waals surface area contributed by atoms with Crippen LogP contribution in [-0.4, -0.2) is 32.6 Å². The summed E-state index contributed by atoms with van der Waals surface area (Å²) in [4.78, 5) is 11.0. The molecule has 24 heavy (non-hydrogen) atoms. The Balaban J connectivity index is 4.11. The number of unbranched alkanes of at least 4 members (excludes halogenated alkanes) is 3. The number of rotatable bonds is 13. The third-order valence-electron chi connectivity index (χ3n) is 4.09. The zero-order valence-electron chi connectivity index (χ0n) is 16.2. The van der Waals surface area contributed by atoms with Crippen molar-refractivity contribution < 1.29 is 19.0 Å². The van der Waals surface area contributed by atoms with E-state index in [9.17, 15) is 4.79 Å². The molecule has 0 aliphatic carbocycles. The fourth-order valence-electron chi connectivity index (χ4n) is 1.79. The van der Waals surface area contributed by atoms with E-state index in [-0.39, 0.29) is 5.97 Å². The van der Waals surface area contributed by atoms with Crippen LogP contribution in [0.4, 0.5) is 0 Å². The molecule has 0 fully saturated rings. The quantitative estimate of drug-likeness (QED) is 0.213. The zero-order valence-corrected chi connectivity index (χ0v) is 16.2. The summed E-state index contributed by atoms with van der Waals surface area (Å²) in [7, 11) is 1.42. The van der Waals surface area contributed by atoms with Gasteiger partial charge in [0.05, 0.1) is 20.3 Å². The van der Waals surface area contributed by atoms with Gasteiger partial charge in [0.1, 0.15) is 0 Å². The molecule has 0 aromatic carbocycles. The van der Waals surface area contributed by atoms with Gasteiger partial charge in [0.15, 0.2) is 0 Å². The number of carbonyl (C=O) groups is 1. The minimum absolute atomic E-state index is 0.141. The van der Waals surface area contributed by atoms with Gasteiger partial charge in [0.25, 0.3) is 0 Å². The lowest BCUT2D eigenvalue weighted by Gasteiger charge is -2.18. The molecule has 0 bridgehead atoms. The van der Waals surface area contributed by atoms with Crippen LogP contribution in [-0.2, 0) is 19.0 Å². The molecule has 0 heterocycles. The van der Waals surface area contributed by atoms with Gasteiger partial charge in [0, 0.05) is 12.8 Å². The summed E-state index contributed by atoms with van der Waals surface area (Å²) in [6.07, 6.45) is 5.86. The standard InChI is InChI=1S/C20H36O4/c1-6-17(3)15-23-20(24-16-18(4)7-2)14-12-10-8-9-11-13-19(21)22-5/h17-18,20H,6-11,13,15-16H2,1-5H3. The van der Waals surface area contributed by atoms with Crippen molar-refractivity contribution in [3.05, 3.63) is 0 Å². The topological polar surface area (TPSA) is 44.8 Å². The highest BCUT2D eigenvalue weighted by Crippen LogP contribution is 2.08. The first-order valence-electron chi connectivity index (χ1n) is 9.31. The molecule has 140 valence electrons. The van der Waals surface area contributed by atoms with Crippen molar-refractivity contribution in [1.29, 1.82) is 0 Å². The van der Waals surface area contributed by atoms with Crippen molar-refractivity contribution in [3.8, 4) is 11.8 Å². The Bertz CT molecular complexity index is 356. The second kappa shape index (κ2) is 15.5. The van der Waals surface area contributed by atoms with Crippen molar-refractivity contribution in [1.82, 2.24) is 0 Å². The van der Waals surface area contributed by atoms with Crippen molar-refractivity contribution in [2.75, 3.05) is 20.3 Å². The Morgan fingerprint density at radius 3 is 2.04 bits per heavy atom. The fourth-order valence-corrected chi connectivity index (χ4v) is 1.79. The van der Waals surface area contributed by atoms with E-state index in [4.69, 9.17) is 9.47 Å².